The molecule has 0 spiro atoms. The van der Waals surface area contributed by atoms with Gasteiger partial charge in [-0.15, -0.1) is 0 Å². The number of allylic oxidation sites excluding steroid dienone is 1. The third-order valence-electron chi connectivity index (χ3n) is 2.42. The highest BCUT2D eigenvalue weighted by Gasteiger charge is 2.16. The summed E-state index contributed by atoms with van der Waals surface area (Å²) in [4.78, 5) is 4.28. The highest BCUT2D eigenvalue weighted by molar-refractivity contribution is 5.98. The van der Waals surface area contributed by atoms with E-state index in [1.807, 2.05) is 31.3 Å². The van der Waals surface area contributed by atoms with Gasteiger partial charge in [-0.1, -0.05) is 5.73 Å². The lowest BCUT2D eigenvalue weighted by Gasteiger charge is -2.09. The zero-order valence-electron chi connectivity index (χ0n) is 9.57. The number of hydrogen-bond acceptors (Lipinski definition) is 3. The van der Waals surface area contributed by atoms with Crippen LogP contribution in [0.15, 0.2) is 28.9 Å². The Bertz CT molecular complexity index is 509. The molecule has 0 saturated carbocycles. The van der Waals surface area contributed by atoms with Gasteiger partial charge in [0.25, 0.3) is 0 Å². The molecule has 1 aliphatic heterocycles. The van der Waals surface area contributed by atoms with Crippen molar-refractivity contribution in [2.45, 2.75) is 6.92 Å². The molecule has 0 unspecified atom stereocenters. The fourth-order valence-electron chi connectivity index (χ4n) is 1.66. The van der Waals surface area contributed by atoms with Crippen molar-refractivity contribution in [2.24, 2.45) is 4.99 Å². The predicted octanol–water partition coefficient (Wildman–Crippen LogP) is 2.65. The van der Waals surface area contributed by atoms with Crippen LogP contribution in [0.5, 0.6) is 11.5 Å². The number of benzene rings is 1. The number of hydrogen-bond donors (Lipinski definition) is 0. The molecule has 0 aliphatic carbocycles. The van der Waals surface area contributed by atoms with E-state index in [1.165, 1.54) is 0 Å². The molecule has 1 heterocycles. The summed E-state index contributed by atoms with van der Waals surface area (Å²) in [5.41, 5.74) is 5.97. The van der Waals surface area contributed by atoms with Crippen LogP contribution in [0.1, 0.15) is 18.1 Å². The maximum absolute atomic E-state index is 5.26. The van der Waals surface area contributed by atoms with Crippen LogP contribution in [0, 0.1) is 0 Å². The third kappa shape index (κ3) is 1.62. The largest absolute Gasteiger partial charge is 0.493 e. The number of rotatable bonds is 2. The summed E-state index contributed by atoms with van der Waals surface area (Å²) in [5.74, 6) is 1.43. The fourth-order valence-corrected chi connectivity index (χ4v) is 1.66. The van der Waals surface area contributed by atoms with Crippen molar-refractivity contribution in [1.29, 1.82) is 0 Å². The number of aliphatic imine (C=N–C) groups is 1. The van der Waals surface area contributed by atoms with E-state index in [1.54, 1.807) is 14.2 Å². The molecule has 16 heavy (non-hydrogen) atoms. The van der Waals surface area contributed by atoms with Crippen molar-refractivity contribution >= 4 is 11.9 Å². The van der Waals surface area contributed by atoms with E-state index in [0.29, 0.717) is 5.75 Å². The van der Waals surface area contributed by atoms with Crippen molar-refractivity contribution in [3.63, 3.8) is 0 Å². The Morgan fingerprint density at radius 2 is 1.88 bits per heavy atom. The Morgan fingerprint density at radius 3 is 2.50 bits per heavy atom. The van der Waals surface area contributed by atoms with Gasteiger partial charge in [0.05, 0.1) is 14.2 Å². The average molecular weight is 215 g/mol. The Labute approximate surface area is 94.7 Å². The average Bonchev–Trinajstić information content (AvgIpc) is 2.70. The predicted molar refractivity (Wildman–Crippen MR) is 64.3 cm³/mol. The van der Waals surface area contributed by atoms with Gasteiger partial charge in [0.2, 0.25) is 0 Å². The molecule has 0 aromatic heterocycles. The molecule has 3 nitrogen and oxygen atoms in total. The third-order valence-corrected chi connectivity index (χ3v) is 2.42. The summed E-state index contributed by atoms with van der Waals surface area (Å²) in [6.45, 7) is 1.92. The molecule has 0 atom stereocenters. The van der Waals surface area contributed by atoms with Gasteiger partial charge in [-0.2, -0.15) is 0 Å². The molecule has 1 aliphatic rings. The van der Waals surface area contributed by atoms with Crippen LogP contribution in [-0.2, 0) is 0 Å². The number of fused-ring (bicyclic) bond motifs is 1. The molecule has 1 aromatic rings. The fraction of sp³-hybridized carbons (Fsp3) is 0.231. The Kier molecular flexibility index (Phi) is 2.80. The number of methoxy groups -OCH3 is 2. The van der Waals surface area contributed by atoms with Gasteiger partial charge >= 0.3 is 0 Å². The van der Waals surface area contributed by atoms with E-state index in [4.69, 9.17) is 9.47 Å². The monoisotopic (exact) mass is 215 g/mol. The molecule has 2 rings (SSSR count). The summed E-state index contributed by atoms with van der Waals surface area (Å²) in [5, 5.41) is 0. The van der Waals surface area contributed by atoms with E-state index in [0.717, 1.165) is 22.6 Å². The SMILES string of the molecule is CC=C=C1N=Cc2cc(OC)c(OC)cc21. The maximum Gasteiger partial charge on any atom is 0.161 e. The molecule has 3 heteroatoms. The molecule has 0 N–H and O–H groups in total. The second-order valence-corrected chi connectivity index (χ2v) is 3.33. The Hall–Kier alpha value is -1.99. The zero-order chi connectivity index (χ0) is 11.5. The zero-order valence-corrected chi connectivity index (χ0v) is 9.57. The van der Waals surface area contributed by atoms with Gasteiger partial charge in [0, 0.05) is 17.3 Å². The quantitative estimate of drug-likeness (QED) is 0.710. The lowest BCUT2D eigenvalue weighted by atomic mass is 10.1. The van der Waals surface area contributed by atoms with Gasteiger partial charge in [0.15, 0.2) is 11.5 Å². The molecule has 0 amide bonds. The minimum atomic E-state index is 0.710. The second-order valence-electron chi connectivity index (χ2n) is 3.33. The topological polar surface area (TPSA) is 30.8 Å². The molecule has 0 fully saturated rings. The van der Waals surface area contributed by atoms with Crippen molar-refractivity contribution < 1.29 is 9.47 Å². The molecular formula is C13H13NO2. The summed E-state index contributed by atoms with van der Waals surface area (Å²) in [6.07, 6.45) is 3.65. The standard InChI is InChI=1S/C13H13NO2/c1-4-5-11-10-7-13(16-3)12(15-2)6-9(10)8-14-11/h4,6-8H,1-3H3. The highest BCUT2D eigenvalue weighted by atomic mass is 16.5. The van der Waals surface area contributed by atoms with Crippen LogP contribution in [0.2, 0.25) is 0 Å². The smallest absolute Gasteiger partial charge is 0.161 e. The van der Waals surface area contributed by atoms with Crippen LogP contribution in [0.4, 0.5) is 0 Å². The van der Waals surface area contributed by atoms with Crippen molar-refractivity contribution in [3.8, 4) is 11.5 Å². The van der Waals surface area contributed by atoms with E-state index < -0.39 is 0 Å². The van der Waals surface area contributed by atoms with Crippen LogP contribution in [0.25, 0.3) is 5.70 Å². The maximum atomic E-state index is 5.26. The molecule has 0 saturated heterocycles. The van der Waals surface area contributed by atoms with Gasteiger partial charge in [-0.25, -0.2) is 4.99 Å². The van der Waals surface area contributed by atoms with Gasteiger partial charge < -0.3 is 9.47 Å². The van der Waals surface area contributed by atoms with Crippen LogP contribution < -0.4 is 9.47 Å². The normalized spacial score (nSPS) is 12.1. The lowest BCUT2D eigenvalue weighted by Crippen LogP contribution is -1.93. The summed E-state index contributed by atoms with van der Waals surface area (Å²) in [7, 11) is 3.25. The molecule has 0 radical (unpaired) electrons. The molecule has 0 bridgehead atoms. The summed E-state index contributed by atoms with van der Waals surface area (Å²) in [6, 6.07) is 3.84. The van der Waals surface area contributed by atoms with Crippen molar-refractivity contribution in [3.05, 3.63) is 35.1 Å². The minimum Gasteiger partial charge on any atom is -0.493 e. The first-order chi connectivity index (χ1) is 7.80. The van der Waals surface area contributed by atoms with Crippen LogP contribution in [0.3, 0.4) is 0 Å². The van der Waals surface area contributed by atoms with Crippen LogP contribution >= 0.6 is 0 Å². The Morgan fingerprint density at radius 1 is 1.19 bits per heavy atom. The highest BCUT2D eigenvalue weighted by Crippen LogP contribution is 2.35. The van der Waals surface area contributed by atoms with Crippen molar-refractivity contribution in [1.82, 2.24) is 0 Å². The summed E-state index contributed by atoms with van der Waals surface area (Å²) >= 11 is 0. The minimum absolute atomic E-state index is 0.710. The Balaban J connectivity index is 2.60. The van der Waals surface area contributed by atoms with E-state index in [2.05, 4.69) is 10.7 Å². The van der Waals surface area contributed by atoms with Crippen LogP contribution in [-0.4, -0.2) is 20.4 Å². The van der Waals surface area contributed by atoms with Gasteiger partial charge in [-0.05, 0) is 25.1 Å². The van der Waals surface area contributed by atoms with Gasteiger partial charge in [0.1, 0.15) is 5.70 Å². The lowest BCUT2D eigenvalue weighted by molar-refractivity contribution is 0.355. The molecular weight excluding hydrogens is 202 g/mol. The first kappa shape index (κ1) is 10.5. The first-order valence-electron chi connectivity index (χ1n) is 5.02. The van der Waals surface area contributed by atoms with E-state index in [9.17, 15) is 0 Å². The second kappa shape index (κ2) is 4.25. The van der Waals surface area contributed by atoms with Gasteiger partial charge in [-0.3, -0.25) is 0 Å². The van der Waals surface area contributed by atoms with Crippen molar-refractivity contribution in [2.75, 3.05) is 14.2 Å². The van der Waals surface area contributed by atoms with E-state index >= 15 is 0 Å². The molecule has 1 aromatic carbocycles. The molecule has 82 valence electrons. The number of ether oxygens (including phenoxy) is 2. The summed E-state index contributed by atoms with van der Waals surface area (Å²) < 4.78 is 10.5. The van der Waals surface area contributed by atoms with E-state index in [-0.39, 0.29) is 0 Å². The number of nitrogens with zero attached hydrogens (tertiary/aromatic N) is 1. The first-order valence-corrected chi connectivity index (χ1v) is 5.02.